The van der Waals surface area contributed by atoms with E-state index in [0.29, 0.717) is 23.3 Å². The Morgan fingerprint density at radius 3 is 2.85 bits per heavy atom. The SMILES string of the molecule is O=C(c1ccoc1)c1cc2c(c(Cl)c1Cl)OC(CO)C2. The number of fused-ring (bicyclic) bond motifs is 1. The number of halogens is 2. The van der Waals surface area contributed by atoms with Crippen LogP contribution in [0, 0.1) is 0 Å². The molecule has 2 heterocycles. The van der Waals surface area contributed by atoms with E-state index < -0.39 is 0 Å². The number of aliphatic hydroxyl groups is 1. The average molecular weight is 313 g/mol. The molecule has 1 unspecified atom stereocenters. The first-order valence-electron chi connectivity index (χ1n) is 5.97. The number of furan rings is 1. The lowest BCUT2D eigenvalue weighted by Crippen LogP contribution is -2.17. The van der Waals surface area contributed by atoms with Gasteiger partial charge in [0.2, 0.25) is 0 Å². The molecule has 2 aromatic rings. The third kappa shape index (κ3) is 2.10. The van der Waals surface area contributed by atoms with Crippen molar-refractivity contribution in [2.24, 2.45) is 0 Å². The van der Waals surface area contributed by atoms with Gasteiger partial charge in [-0.3, -0.25) is 4.79 Å². The molecule has 1 aromatic heterocycles. The fourth-order valence-corrected chi connectivity index (χ4v) is 2.70. The number of ketones is 1. The number of ether oxygens (including phenoxy) is 1. The monoisotopic (exact) mass is 312 g/mol. The van der Waals surface area contributed by atoms with Crippen LogP contribution in [0.3, 0.4) is 0 Å². The second-order valence-electron chi connectivity index (χ2n) is 4.51. The smallest absolute Gasteiger partial charge is 0.197 e. The summed E-state index contributed by atoms with van der Waals surface area (Å²) in [4.78, 5) is 12.3. The lowest BCUT2D eigenvalue weighted by atomic mass is 10.0. The fourth-order valence-electron chi connectivity index (χ4n) is 2.21. The minimum atomic E-state index is -0.349. The van der Waals surface area contributed by atoms with Crippen molar-refractivity contribution in [3.05, 3.63) is 51.4 Å². The third-order valence-electron chi connectivity index (χ3n) is 3.20. The maximum absolute atomic E-state index is 12.3. The highest BCUT2D eigenvalue weighted by Gasteiger charge is 2.29. The zero-order valence-electron chi connectivity index (χ0n) is 10.2. The van der Waals surface area contributed by atoms with Crippen LogP contribution in [0.4, 0.5) is 0 Å². The molecule has 0 spiro atoms. The van der Waals surface area contributed by atoms with Crippen molar-refractivity contribution in [2.75, 3.05) is 6.61 Å². The fraction of sp³-hybridized carbons (Fsp3) is 0.214. The first kappa shape index (κ1) is 13.5. The Bertz CT molecular complexity index is 664. The molecular formula is C14H10Cl2O4. The molecule has 1 aromatic carbocycles. The second-order valence-corrected chi connectivity index (χ2v) is 5.26. The van der Waals surface area contributed by atoms with Crippen LogP contribution in [-0.2, 0) is 6.42 Å². The Hall–Kier alpha value is -1.49. The number of hydrogen-bond acceptors (Lipinski definition) is 4. The van der Waals surface area contributed by atoms with Crippen molar-refractivity contribution >= 4 is 29.0 Å². The summed E-state index contributed by atoms with van der Waals surface area (Å²) in [5.74, 6) is 0.181. The standard InChI is InChI=1S/C14H10Cl2O4/c15-11-10(13(18)7-1-2-19-6-7)4-8-3-9(5-17)20-14(8)12(11)16/h1-2,4,6,9,17H,3,5H2. The molecule has 0 aliphatic carbocycles. The predicted molar refractivity (Wildman–Crippen MR) is 73.8 cm³/mol. The summed E-state index contributed by atoms with van der Waals surface area (Å²) in [6, 6.07) is 3.22. The average Bonchev–Trinajstić information content (AvgIpc) is 3.10. The minimum Gasteiger partial charge on any atom is -0.486 e. The summed E-state index contributed by atoms with van der Waals surface area (Å²) in [6.45, 7) is -0.117. The van der Waals surface area contributed by atoms with E-state index in [9.17, 15) is 4.79 Å². The van der Waals surface area contributed by atoms with Gasteiger partial charge < -0.3 is 14.3 Å². The first-order chi connectivity index (χ1) is 9.61. The number of hydrogen-bond donors (Lipinski definition) is 1. The molecule has 3 rings (SSSR count). The predicted octanol–water partition coefficient (Wildman–Crippen LogP) is 3.11. The molecule has 6 heteroatoms. The quantitative estimate of drug-likeness (QED) is 0.885. The van der Waals surface area contributed by atoms with Crippen molar-refractivity contribution in [1.29, 1.82) is 0 Å². The van der Waals surface area contributed by atoms with E-state index in [-0.39, 0.29) is 28.5 Å². The van der Waals surface area contributed by atoms with Crippen LogP contribution in [0.15, 0.2) is 29.1 Å². The Labute approximate surface area is 124 Å². The van der Waals surface area contributed by atoms with Gasteiger partial charge >= 0.3 is 0 Å². The van der Waals surface area contributed by atoms with E-state index in [1.54, 1.807) is 12.1 Å². The van der Waals surface area contributed by atoms with Crippen LogP contribution < -0.4 is 4.74 Å². The van der Waals surface area contributed by atoms with Gasteiger partial charge in [-0.1, -0.05) is 23.2 Å². The van der Waals surface area contributed by atoms with Crippen LogP contribution in [0.5, 0.6) is 5.75 Å². The van der Waals surface area contributed by atoms with Crippen molar-refractivity contribution < 1.29 is 19.1 Å². The molecule has 104 valence electrons. The summed E-state index contributed by atoms with van der Waals surface area (Å²) in [5, 5.41) is 9.50. The zero-order chi connectivity index (χ0) is 14.3. The molecule has 0 saturated heterocycles. The third-order valence-corrected chi connectivity index (χ3v) is 4.05. The normalized spacial score (nSPS) is 16.9. The highest BCUT2D eigenvalue weighted by molar-refractivity contribution is 6.45. The van der Waals surface area contributed by atoms with Crippen LogP contribution in [0.2, 0.25) is 10.0 Å². The van der Waals surface area contributed by atoms with Crippen molar-refractivity contribution in [1.82, 2.24) is 0 Å². The Morgan fingerprint density at radius 2 is 2.20 bits per heavy atom. The zero-order valence-corrected chi connectivity index (χ0v) is 11.7. The van der Waals surface area contributed by atoms with Crippen LogP contribution in [0.1, 0.15) is 21.5 Å². The number of carbonyl (C=O) groups excluding carboxylic acids is 1. The molecule has 0 amide bonds. The van der Waals surface area contributed by atoms with E-state index in [1.807, 2.05) is 0 Å². The lowest BCUT2D eigenvalue weighted by molar-refractivity contribution is 0.103. The van der Waals surface area contributed by atoms with E-state index in [0.717, 1.165) is 5.56 Å². The molecule has 1 aliphatic rings. The second kappa shape index (κ2) is 5.13. The summed E-state index contributed by atoms with van der Waals surface area (Å²) in [5.41, 5.74) is 1.48. The Morgan fingerprint density at radius 1 is 1.40 bits per heavy atom. The van der Waals surface area contributed by atoms with Gasteiger partial charge in [0.05, 0.1) is 23.5 Å². The van der Waals surface area contributed by atoms with Crippen molar-refractivity contribution in [2.45, 2.75) is 12.5 Å². The van der Waals surface area contributed by atoms with Gasteiger partial charge in [0.15, 0.2) is 5.78 Å². The molecule has 1 N–H and O–H groups in total. The van der Waals surface area contributed by atoms with Gasteiger partial charge in [0.1, 0.15) is 23.1 Å². The van der Waals surface area contributed by atoms with Crippen LogP contribution in [0.25, 0.3) is 0 Å². The van der Waals surface area contributed by atoms with Gasteiger partial charge in [-0.05, 0) is 12.1 Å². The lowest BCUT2D eigenvalue weighted by Gasteiger charge is -2.09. The highest BCUT2D eigenvalue weighted by Crippen LogP contribution is 2.42. The summed E-state index contributed by atoms with van der Waals surface area (Å²) >= 11 is 12.3. The minimum absolute atomic E-state index is 0.117. The van der Waals surface area contributed by atoms with Crippen molar-refractivity contribution in [3.8, 4) is 5.75 Å². The number of aliphatic hydroxyl groups excluding tert-OH is 1. The Balaban J connectivity index is 2.07. The van der Waals surface area contributed by atoms with Crippen LogP contribution in [-0.4, -0.2) is 23.6 Å². The largest absolute Gasteiger partial charge is 0.486 e. The van der Waals surface area contributed by atoms with Gasteiger partial charge in [0.25, 0.3) is 0 Å². The maximum atomic E-state index is 12.3. The van der Waals surface area contributed by atoms with E-state index in [4.69, 9.17) is 37.5 Å². The molecule has 0 fully saturated rings. The molecule has 0 radical (unpaired) electrons. The van der Waals surface area contributed by atoms with E-state index in [1.165, 1.54) is 12.5 Å². The number of carbonyl (C=O) groups is 1. The topological polar surface area (TPSA) is 59.7 Å². The highest BCUT2D eigenvalue weighted by atomic mass is 35.5. The number of benzene rings is 1. The summed E-state index contributed by atoms with van der Waals surface area (Å²) in [6.07, 6.45) is 2.92. The molecule has 0 bridgehead atoms. The van der Waals surface area contributed by atoms with Gasteiger partial charge in [-0.2, -0.15) is 0 Å². The van der Waals surface area contributed by atoms with Crippen LogP contribution >= 0.6 is 23.2 Å². The van der Waals surface area contributed by atoms with Gasteiger partial charge in [-0.15, -0.1) is 0 Å². The Kier molecular flexibility index (Phi) is 3.46. The van der Waals surface area contributed by atoms with Gasteiger partial charge in [-0.25, -0.2) is 0 Å². The maximum Gasteiger partial charge on any atom is 0.197 e. The van der Waals surface area contributed by atoms with Gasteiger partial charge in [0, 0.05) is 17.5 Å². The molecule has 0 saturated carbocycles. The molecule has 1 aliphatic heterocycles. The molecule has 4 nitrogen and oxygen atoms in total. The molecule has 1 atom stereocenters. The summed E-state index contributed by atoms with van der Waals surface area (Å²) < 4.78 is 10.4. The summed E-state index contributed by atoms with van der Waals surface area (Å²) in [7, 11) is 0. The molecular weight excluding hydrogens is 303 g/mol. The van der Waals surface area contributed by atoms with E-state index in [2.05, 4.69) is 0 Å². The first-order valence-corrected chi connectivity index (χ1v) is 6.72. The van der Waals surface area contributed by atoms with E-state index >= 15 is 0 Å². The van der Waals surface area contributed by atoms with Crippen molar-refractivity contribution in [3.63, 3.8) is 0 Å². The molecule has 20 heavy (non-hydrogen) atoms. The number of rotatable bonds is 3.